The predicted octanol–water partition coefficient (Wildman–Crippen LogP) is 3.25. The summed E-state index contributed by atoms with van der Waals surface area (Å²) in [5.74, 6) is -1.09. The second kappa shape index (κ2) is 9.13. The van der Waals surface area contributed by atoms with Crippen LogP contribution in [-0.4, -0.2) is 24.4 Å². The molecule has 138 valence electrons. The van der Waals surface area contributed by atoms with E-state index >= 15 is 0 Å². The molecule has 0 radical (unpaired) electrons. The van der Waals surface area contributed by atoms with Gasteiger partial charge in [-0.25, -0.2) is 4.39 Å². The van der Waals surface area contributed by atoms with Gasteiger partial charge in [0.15, 0.2) is 0 Å². The third-order valence-corrected chi connectivity index (χ3v) is 4.30. The predicted molar refractivity (Wildman–Crippen MR) is 100 cm³/mol. The SMILES string of the molecule is Cc1ccccc1CCNC(=O)[C@@H](NC(=O)c1ccc(F)cc1)C(C)C. The summed E-state index contributed by atoms with van der Waals surface area (Å²) in [6.45, 7) is 6.28. The highest BCUT2D eigenvalue weighted by Crippen LogP contribution is 2.09. The molecule has 5 heteroatoms. The van der Waals surface area contributed by atoms with E-state index in [9.17, 15) is 14.0 Å². The lowest BCUT2D eigenvalue weighted by atomic mass is 10.0. The molecule has 4 nitrogen and oxygen atoms in total. The number of carbonyl (C=O) groups excluding carboxylic acids is 2. The zero-order valence-corrected chi connectivity index (χ0v) is 15.4. The highest BCUT2D eigenvalue weighted by atomic mass is 19.1. The Morgan fingerprint density at radius 1 is 1.04 bits per heavy atom. The number of rotatable bonds is 7. The van der Waals surface area contributed by atoms with Gasteiger partial charge in [-0.3, -0.25) is 9.59 Å². The number of benzene rings is 2. The van der Waals surface area contributed by atoms with Gasteiger partial charge in [-0.1, -0.05) is 38.1 Å². The summed E-state index contributed by atoms with van der Waals surface area (Å²) in [5, 5.41) is 5.63. The molecule has 2 aromatic carbocycles. The molecule has 0 saturated heterocycles. The average Bonchev–Trinajstić information content (AvgIpc) is 2.61. The molecule has 1 atom stereocenters. The van der Waals surface area contributed by atoms with Crippen LogP contribution in [0.4, 0.5) is 4.39 Å². The highest BCUT2D eigenvalue weighted by Gasteiger charge is 2.24. The van der Waals surface area contributed by atoms with E-state index < -0.39 is 17.8 Å². The maximum atomic E-state index is 13.0. The molecule has 0 bridgehead atoms. The second-order valence-electron chi connectivity index (χ2n) is 6.67. The summed E-state index contributed by atoms with van der Waals surface area (Å²) < 4.78 is 13.0. The summed E-state index contributed by atoms with van der Waals surface area (Å²) in [7, 11) is 0. The van der Waals surface area contributed by atoms with Crippen molar-refractivity contribution < 1.29 is 14.0 Å². The number of aryl methyl sites for hydroxylation is 1. The van der Waals surface area contributed by atoms with Crippen LogP contribution in [0.2, 0.25) is 0 Å². The maximum Gasteiger partial charge on any atom is 0.251 e. The Kier molecular flexibility index (Phi) is 6.89. The minimum atomic E-state index is -0.649. The van der Waals surface area contributed by atoms with Gasteiger partial charge >= 0.3 is 0 Å². The number of nitrogens with one attached hydrogen (secondary N) is 2. The Bertz CT molecular complexity index is 757. The van der Waals surface area contributed by atoms with E-state index in [1.807, 2.05) is 45.0 Å². The third-order valence-electron chi connectivity index (χ3n) is 4.30. The lowest BCUT2D eigenvalue weighted by Crippen LogP contribution is -2.50. The van der Waals surface area contributed by atoms with Crippen molar-refractivity contribution in [3.63, 3.8) is 0 Å². The Morgan fingerprint density at radius 3 is 2.31 bits per heavy atom. The lowest BCUT2D eigenvalue weighted by molar-refractivity contribution is -0.123. The zero-order valence-electron chi connectivity index (χ0n) is 15.4. The van der Waals surface area contributed by atoms with Crippen LogP contribution in [-0.2, 0) is 11.2 Å². The Labute approximate surface area is 153 Å². The first-order chi connectivity index (χ1) is 12.4. The standard InChI is InChI=1S/C21H25FN2O2/c1-14(2)19(24-20(25)17-8-10-18(22)11-9-17)21(26)23-13-12-16-7-5-4-6-15(16)3/h4-11,14,19H,12-13H2,1-3H3,(H,23,26)(H,24,25)/t19-/m0/s1. The van der Waals surface area contributed by atoms with Gasteiger partial charge in [-0.05, 0) is 54.7 Å². The minimum absolute atomic E-state index is 0.0714. The Balaban J connectivity index is 1.93. The zero-order chi connectivity index (χ0) is 19.1. The van der Waals surface area contributed by atoms with E-state index in [0.717, 1.165) is 6.42 Å². The van der Waals surface area contributed by atoms with E-state index in [1.165, 1.54) is 35.4 Å². The van der Waals surface area contributed by atoms with Gasteiger partial charge in [-0.2, -0.15) is 0 Å². The fraction of sp³-hybridized carbons (Fsp3) is 0.333. The summed E-state index contributed by atoms with van der Waals surface area (Å²) in [6.07, 6.45) is 0.731. The molecule has 2 N–H and O–H groups in total. The van der Waals surface area contributed by atoms with E-state index in [-0.39, 0.29) is 11.8 Å². The van der Waals surface area contributed by atoms with Gasteiger partial charge in [0.2, 0.25) is 5.91 Å². The molecule has 0 aliphatic carbocycles. The lowest BCUT2D eigenvalue weighted by Gasteiger charge is -2.22. The van der Waals surface area contributed by atoms with Crippen molar-refractivity contribution in [1.82, 2.24) is 10.6 Å². The first-order valence-corrected chi connectivity index (χ1v) is 8.77. The molecule has 0 aliphatic heterocycles. The molecular weight excluding hydrogens is 331 g/mol. The van der Waals surface area contributed by atoms with Crippen LogP contribution in [0.1, 0.15) is 35.3 Å². The van der Waals surface area contributed by atoms with E-state index in [2.05, 4.69) is 10.6 Å². The molecule has 2 amide bonds. The largest absolute Gasteiger partial charge is 0.354 e. The summed E-state index contributed by atoms with van der Waals surface area (Å²) in [4.78, 5) is 24.8. The van der Waals surface area contributed by atoms with Crippen LogP contribution < -0.4 is 10.6 Å². The van der Waals surface area contributed by atoms with Crippen LogP contribution >= 0.6 is 0 Å². The van der Waals surface area contributed by atoms with Crippen LogP contribution in [0, 0.1) is 18.7 Å². The second-order valence-corrected chi connectivity index (χ2v) is 6.67. The van der Waals surface area contributed by atoms with Gasteiger partial charge in [0.05, 0.1) is 0 Å². The van der Waals surface area contributed by atoms with Crippen molar-refractivity contribution in [2.45, 2.75) is 33.2 Å². The van der Waals surface area contributed by atoms with E-state index in [0.29, 0.717) is 12.1 Å². The van der Waals surface area contributed by atoms with Gasteiger partial charge < -0.3 is 10.6 Å². The van der Waals surface area contributed by atoms with Crippen molar-refractivity contribution in [1.29, 1.82) is 0 Å². The van der Waals surface area contributed by atoms with Gasteiger partial charge in [-0.15, -0.1) is 0 Å². The maximum absolute atomic E-state index is 13.0. The molecular formula is C21H25FN2O2. The number of hydrogen-bond donors (Lipinski definition) is 2. The van der Waals surface area contributed by atoms with Gasteiger partial charge in [0.1, 0.15) is 11.9 Å². The van der Waals surface area contributed by atoms with Crippen LogP contribution in [0.15, 0.2) is 48.5 Å². The van der Waals surface area contributed by atoms with Crippen molar-refractivity contribution in [3.05, 3.63) is 71.0 Å². The van der Waals surface area contributed by atoms with Crippen molar-refractivity contribution >= 4 is 11.8 Å². The summed E-state index contributed by atoms with van der Waals surface area (Å²) >= 11 is 0. The smallest absolute Gasteiger partial charge is 0.251 e. The number of halogens is 1. The van der Waals surface area contributed by atoms with Crippen molar-refractivity contribution in [2.75, 3.05) is 6.54 Å². The number of carbonyl (C=O) groups is 2. The van der Waals surface area contributed by atoms with E-state index in [4.69, 9.17) is 0 Å². The number of amides is 2. The quantitative estimate of drug-likeness (QED) is 0.800. The minimum Gasteiger partial charge on any atom is -0.354 e. The molecule has 2 aromatic rings. The summed E-state index contributed by atoms with van der Waals surface area (Å²) in [6, 6.07) is 12.6. The normalized spacial score (nSPS) is 11.9. The monoisotopic (exact) mass is 356 g/mol. The fourth-order valence-corrected chi connectivity index (χ4v) is 2.68. The summed E-state index contributed by atoms with van der Waals surface area (Å²) in [5.41, 5.74) is 2.70. The fourth-order valence-electron chi connectivity index (χ4n) is 2.68. The van der Waals surface area contributed by atoms with E-state index in [1.54, 1.807) is 0 Å². The number of hydrogen-bond acceptors (Lipinski definition) is 2. The van der Waals surface area contributed by atoms with Gasteiger partial charge in [0.25, 0.3) is 5.91 Å². The first-order valence-electron chi connectivity index (χ1n) is 8.77. The van der Waals surface area contributed by atoms with Crippen molar-refractivity contribution in [3.8, 4) is 0 Å². The highest BCUT2D eigenvalue weighted by molar-refractivity contribution is 5.97. The molecule has 26 heavy (non-hydrogen) atoms. The molecule has 2 rings (SSSR count). The average molecular weight is 356 g/mol. The first kappa shape index (κ1) is 19.6. The topological polar surface area (TPSA) is 58.2 Å². The van der Waals surface area contributed by atoms with Gasteiger partial charge in [0, 0.05) is 12.1 Å². The van der Waals surface area contributed by atoms with Crippen LogP contribution in [0.3, 0.4) is 0 Å². The molecule has 0 heterocycles. The molecule has 0 saturated carbocycles. The Morgan fingerprint density at radius 2 is 1.69 bits per heavy atom. The molecule has 0 spiro atoms. The molecule has 0 aromatic heterocycles. The molecule has 0 unspecified atom stereocenters. The third kappa shape index (κ3) is 5.41. The molecule has 0 aliphatic rings. The van der Waals surface area contributed by atoms with Crippen LogP contribution in [0.25, 0.3) is 0 Å². The Hall–Kier alpha value is -2.69. The van der Waals surface area contributed by atoms with Crippen LogP contribution in [0.5, 0.6) is 0 Å². The molecule has 0 fully saturated rings. The van der Waals surface area contributed by atoms with Crippen molar-refractivity contribution in [2.24, 2.45) is 5.92 Å².